The van der Waals surface area contributed by atoms with Crippen molar-refractivity contribution in [3.63, 3.8) is 0 Å². The van der Waals surface area contributed by atoms with Crippen molar-refractivity contribution in [1.82, 2.24) is 15.0 Å². The average Bonchev–Trinajstić information content (AvgIpc) is 3.13. The van der Waals surface area contributed by atoms with Gasteiger partial charge in [-0.2, -0.15) is 0 Å². The van der Waals surface area contributed by atoms with Crippen LogP contribution < -0.4 is 0 Å². The van der Waals surface area contributed by atoms with E-state index in [1.165, 1.54) is 20.0 Å². The average molecular weight is 293 g/mol. The molecule has 3 rings (SSSR count). The molecule has 21 heavy (non-hydrogen) atoms. The molecule has 0 bridgehead atoms. The van der Waals surface area contributed by atoms with Gasteiger partial charge in [-0.1, -0.05) is 25.0 Å². The molecule has 6 heteroatoms. The van der Waals surface area contributed by atoms with E-state index in [1.54, 1.807) is 0 Å². The van der Waals surface area contributed by atoms with Crippen molar-refractivity contribution >= 4 is 5.97 Å². The Hall–Kier alpha value is -1.43. The summed E-state index contributed by atoms with van der Waals surface area (Å²) in [4.78, 5) is 11.8. The highest BCUT2D eigenvalue weighted by molar-refractivity contribution is 5.88. The van der Waals surface area contributed by atoms with Crippen LogP contribution in [0.4, 0.5) is 0 Å². The Morgan fingerprint density at radius 2 is 2.24 bits per heavy atom. The molecule has 1 saturated heterocycles. The number of nitrogens with zero attached hydrogens (tertiary/aromatic N) is 3. The highest BCUT2D eigenvalue weighted by Gasteiger charge is 2.41. The molecule has 1 unspecified atom stereocenters. The summed E-state index contributed by atoms with van der Waals surface area (Å²) < 4.78 is 12.8. The molecular weight excluding hydrogens is 270 g/mol. The number of hydrogen-bond acceptors (Lipinski definition) is 5. The molecule has 0 amide bonds. The maximum Gasteiger partial charge on any atom is 0.360 e. The van der Waals surface area contributed by atoms with E-state index in [2.05, 4.69) is 10.3 Å². The maximum absolute atomic E-state index is 11.8. The molecule has 0 N–H and O–H groups in total. The molecule has 116 valence electrons. The zero-order valence-corrected chi connectivity index (χ0v) is 12.8. The van der Waals surface area contributed by atoms with Gasteiger partial charge in [0.05, 0.1) is 24.4 Å². The monoisotopic (exact) mass is 293 g/mol. The topological polar surface area (TPSA) is 66.2 Å². The van der Waals surface area contributed by atoms with E-state index in [0.717, 1.165) is 44.4 Å². The predicted octanol–water partition coefficient (Wildman–Crippen LogP) is 2.29. The SMILES string of the molecule is CCc1c(C(=O)OC)nnn1C1CCOC2(CCCC2)C1. The first-order valence-electron chi connectivity index (χ1n) is 7.85. The van der Waals surface area contributed by atoms with Crippen LogP contribution in [0.25, 0.3) is 0 Å². The zero-order valence-electron chi connectivity index (χ0n) is 12.8. The van der Waals surface area contributed by atoms with Crippen molar-refractivity contribution in [2.75, 3.05) is 13.7 Å². The third kappa shape index (κ3) is 2.57. The smallest absolute Gasteiger partial charge is 0.360 e. The summed E-state index contributed by atoms with van der Waals surface area (Å²) in [6.45, 7) is 2.79. The van der Waals surface area contributed by atoms with Gasteiger partial charge >= 0.3 is 5.97 Å². The molecule has 1 aliphatic carbocycles. The lowest BCUT2D eigenvalue weighted by Crippen LogP contribution is -2.38. The number of methoxy groups -OCH3 is 1. The van der Waals surface area contributed by atoms with Crippen LogP contribution in [0.5, 0.6) is 0 Å². The largest absolute Gasteiger partial charge is 0.464 e. The number of esters is 1. The van der Waals surface area contributed by atoms with Gasteiger partial charge < -0.3 is 9.47 Å². The molecule has 6 nitrogen and oxygen atoms in total. The lowest BCUT2D eigenvalue weighted by molar-refractivity contribution is -0.0914. The van der Waals surface area contributed by atoms with Crippen LogP contribution in [0.2, 0.25) is 0 Å². The Bertz CT molecular complexity index is 520. The lowest BCUT2D eigenvalue weighted by Gasteiger charge is -2.38. The first-order valence-corrected chi connectivity index (χ1v) is 7.85. The second-order valence-corrected chi connectivity index (χ2v) is 6.06. The Balaban J connectivity index is 1.86. The van der Waals surface area contributed by atoms with Crippen molar-refractivity contribution in [1.29, 1.82) is 0 Å². The molecular formula is C15H23N3O3. The summed E-state index contributed by atoms with van der Waals surface area (Å²) >= 11 is 0. The first kappa shape index (κ1) is 14.5. The van der Waals surface area contributed by atoms with E-state index in [1.807, 2.05) is 11.6 Å². The van der Waals surface area contributed by atoms with Gasteiger partial charge in [0, 0.05) is 6.61 Å². The highest BCUT2D eigenvalue weighted by atomic mass is 16.5. The molecule has 0 aromatic carbocycles. The van der Waals surface area contributed by atoms with Crippen molar-refractivity contribution in [3.05, 3.63) is 11.4 Å². The minimum Gasteiger partial charge on any atom is -0.464 e. The molecule has 1 spiro atoms. The normalized spacial score (nSPS) is 24.4. The van der Waals surface area contributed by atoms with E-state index in [4.69, 9.17) is 9.47 Å². The van der Waals surface area contributed by atoms with Crippen LogP contribution in [-0.2, 0) is 15.9 Å². The van der Waals surface area contributed by atoms with Gasteiger partial charge in [0.2, 0.25) is 0 Å². The van der Waals surface area contributed by atoms with Gasteiger partial charge in [0.25, 0.3) is 0 Å². The molecule has 1 atom stereocenters. The molecule has 1 saturated carbocycles. The Labute approximate surface area is 124 Å². The molecule has 2 fully saturated rings. The van der Waals surface area contributed by atoms with Gasteiger partial charge in [0.1, 0.15) is 0 Å². The fourth-order valence-electron chi connectivity index (χ4n) is 3.77. The van der Waals surface area contributed by atoms with Crippen LogP contribution in [0.1, 0.15) is 67.7 Å². The maximum atomic E-state index is 11.8. The number of carbonyl (C=O) groups is 1. The fraction of sp³-hybridized carbons (Fsp3) is 0.800. The standard InChI is InChI=1S/C15H23N3O3/c1-3-12-13(14(19)20-2)16-17-18(12)11-6-9-21-15(10-11)7-4-5-8-15/h11H,3-10H2,1-2H3. The van der Waals surface area contributed by atoms with E-state index < -0.39 is 5.97 Å². The van der Waals surface area contributed by atoms with E-state index in [-0.39, 0.29) is 11.6 Å². The molecule has 2 aliphatic rings. The van der Waals surface area contributed by atoms with E-state index in [9.17, 15) is 4.79 Å². The summed E-state index contributed by atoms with van der Waals surface area (Å²) in [5.41, 5.74) is 1.26. The first-order chi connectivity index (χ1) is 10.2. The summed E-state index contributed by atoms with van der Waals surface area (Å²) in [5.74, 6) is -0.402. The summed E-state index contributed by atoms with van der Waals surface area (Å²) in [6, 6.07) is 0.276. The number of ether oxygens (including phenoxy) is 2. The van der Waals surface area contributed by atoms with Crippen LogP contribution in [0.3, 0.4) is 0 Å². The molecule has 1 aromatic rings. The third-order valence-corrected chi connectivity index (χ3v) is 4.83. The summed E-state index contributed by atoms with van der Waals surface area (Å²) in [7, 11) is 1.38. The van der Waals surface area contributed by atoms with Crippen molar-refractivity contribution in [2.45, 2.75) is 63.5 Å². The number of carbonyl (C=O) groups excluding carboxylic acids is 1. The molecule has 0 radical (unpaired) electrons. The quantitative estimate of drug-likeness (QED) is 0.800. The Morgan fingerprint density at radius 1 is 1.48 bits per heavy atom. The highest BCUT2D eigenvalue weighted by Crippen LogP contribution is 2.43. The van der Waals surface area contributed by atoms with E-state index >= 15 is 0 Å². The van der Waals surface area contributed by atoms with Crippen molar-refractivity contribution < 1.29 is 14.3 Å². The van der Waals surface area contributed by atoms with Gasteiger partial charge in [0.15, 0.2) is 5.69 Å². The van der Waals surface area contributed by atoms with Crippen molar-refractivity contribution in [3.8, 4) is 0 Å². The Morgan fingerprint density at radius 3 is 2.90 bits per heavy atom. The third-order valence-electron chi connectivity index (χ3n) is 4.83. The van der Waals surface area contributed by atoms with E-state index in [0.29, 0.717) is 5.69 Å². The molecule has 1 aliphatic heterocycles. The summed E-state index contributed by atoms with van der Waals surface area (Å²) in [6.07, 6.45) is 7.41. The second-order valence-electron chi connectivity index (χ2n) is 6.06. The lowest BCUT2D eigenvalue weighted by atomic mass is 9.89. The number of hydrogen-bond donors (Lipinski definition) is 0. The second kappa shape index (κ2) is 5.75. The predicted molar refractivity (Wildman–Crippen MR) is 76.2 cm³/mol. The minimum atomic E-state index is -0.402. The van der Waals surface area contributed by atoms with Gasteiger partial charge in [-0.25, -0.2) is 9.48 Å². The number of aromatic nitrogens is 3. The van der Waals surface area contributed by atoms with Crippen LogP contribution in [-0.4, -0.2) is 40.3 Å². The molecule has 1 aromatic heterocycles. The minimum absolute atomic E-state index is 0.0330. The van der Waals surface area contributed by atoms with Gasteiger partial charge in [-0.05, 0) is 32.1 Å². The number of rotatable bonds is 3. The molecule has 2 heterocycles. The van der Waals surface area contributed by atoms with Gasteiger partial charge in [-0.3, -0.25) is 0 Å². The van der Waals surface area contributed by atoms with Crippen LogP contribution in [0.15, 0.2) is 0 Å². The fourth-order valence-corrected chi connectivity index (χ4v) is 3.77. The Kier molecular flexibility index (Phi) is 3.97. The zero-order chi connectivity index (χ0) is 14.9. The van der Waals surface area contributed by atoms with Crippen LogP contribution >= 0.6 is 0 Å². The van der Waals surface area contributed by atoms with Crippen LogP contribution in [0, 0.1) is 0 Å². The van der Waals surface area contributed by atoms with Gasteiger partial charge in [-0.15, -0.1) is 5.10 Å². The summed E-state index contributed by atoms with van der Waals surface area (Å²) in [5, 5.41) is 8.29. The van der Waals surface area contributed by atoms with Crippen molar-refractivity contribution in [2.24, 2.45) is 0 Å².